The largest absolute Gasteiger partial charge is 0.482 e. The molecule has 1 aliphatic heterocycles. The maximum Gasteiger partial charge on any atom is 0.313 e. The van der Waals surface area contributed by atoms with Gasteiger partial charge in [0.25, 0.3) is 5.91 Å². The van der Waals surface area contributed by atoms with Crippen molar-refractivity contribution in [2.45, 2.75) is 25.8 Å². The number of nitrogens with zero attached hydrogens (tertiary/aromatic N) is 1. The van der Waals surface area contributed by atoms with E-state index in [1.807, 2.05) is 0 Å². The quantitative estimate of drug-likeness (QED) is 0.568. The second-order valence-electron chi connectivity index (χ2n) is 6.76. The summed E-state index contributed by atoms with van der Waals surface area (Å²) < 4.78 is 10.8. The third-order valence-corrected chi connectivity index (χ3v) is 4.60. The SMILES string of the molecule is CC[C@](C)(CO)NC(=O)C(=O)Nc1ccccc1OCC(=O)N1CCOCC1. The van der Waals surface area contributed by atoms with Gasteiger partial charge >= 0.3 is 11.8 Å². The number of para-hydroxylation sites is 2. The number of hydrogen-bond acceptors (Lipinski definition) is 6. The van der Waals surface area contributed by atoms with E-state index in [0.29, 0.717) is 32.7 Å². The summed E-state index contributed by atoms with van der Waals surface area (Å²) >= 11 is 0. The number of hydrogen-bond donors (Lipinski definition) is 3. The molecule has 1 aliphatic rings. The number of morpholine rings is 1. The molecule has 3 amide bonds. The highest BCUT2D eigenvalue weighted by Crippen LogP contribution is 2.24. The lowest BCUT2D eigenvalue weighted by Crippen LogP contribution is -2.51. The Morgan fingerprint density at radius 1 is 1.21 bits per heavy atom. The van der Waals surface area contributed by atoms with E-state index in [1.54, 1.807) is 43.0 Å². The number of aliphatic hydroxyl groups excluding tert-OH is 1. The highest BCUT2D eigenvalue weighted by Gasteiger charge is 2.27. The molecule has 2 rings (SSSR count). The molecule has 1 fully saturated rings. The Hall–Kier alpha value is -2.65. The maximum absolute atomic E-state index is 12.2. The van der Waals surface area contributed by atoms with Crippen LogP contribution in [0, 0.1) is 0 Å². The lowest BCUT2D eigenvalue weighted by Gasteiger charge is -2.27. The first-order valence-electron chi connectivity index (χ1n) is 9.20. The van der Waals surface area contributed by atoms with Crippen LogP contribution in [0.2, 0.25) is 0 Å². The molecule has 9 nitrogen and oxygen atoms in total. The zero-order chi connectivity index (χ0) is 20.6. The van der Waals surface area contributed by atoms with Gasteiger partial charge in [-0.15, -0.1) is 0 Å². The van der Waals surface area contributed by atoms with Crippen LogP contribution in [-0.2, 0) is 19.1 Å². The van der Waals surface area contributed by atoms with Gasteiger partial charge in [-0.3, -0.25) is 14.4 Å². The monoisotopic (exact) mass is 393 g/mol. The van der Waals surface area contributed by atoms with Crippen LogP contribution in [0.3, 0.4) is 0 Å². The summed E-state index contributed by atoms with van der Waals surface area (Å²) in [4.78, 5) is 38.2. The number of benzene rings is 1. The van der Waals surface area contributed by atoms with Gasteiger partial charge in [-0.1, -0.05) is 19.1 Å². The van der Waals surface area contributed by atoms with Crippen molar-refractivity contribution in [3.8, 4) is 5.75 Å². The number of aliphatic hydroxyl groups is 1. The minimum Gasteiger partial charge on any atom is -0.482 e. The first kappa shape index (κ1) is 21.6. The van der Waals surface area contributed by atoms with E-state index in [9.17, 15) is 19.5 Å². The number of carbonyl (C=O) groups excluding carboxylic acids is 3. The van der Waals surface area contributed by atoms with Crippen molar-refractivity contribution in [3.63, 3.8) is 0 Å². The fourth-order valence-electron chi connectivity index (χ4n) is 2.49. The Labute approximate surface area is 164 Å². The fourth-order valence-corrected chi connectivity index (χ4v) is 2.49. The topological polar surface area (TPSA) is 117 Å². The summed E-state index contributed by atoms with van der Waals surface area (Å²) in [6.07, 6.45) is 0.464. The number of anilines is 1. The predicted molar refractivity (Wildman–Crippen MR) is 102 cm³/mol. The molecule has 0 aliphatic carbocycles. The number of amides is 3. The van der Waals surface area contributed by atoms with E-state index in [1.165, 1.54) is 0 Å². The molecule has 1 aromatic rings. The molecule has 0 bridgehead atoms. The van der Waals surface area contributed by atoms with Gasteiger partial charge < -0.3 is 30.1 Å². The second kappa shape index (κ2) is 10.0. The van der Waals surface area contributed by atoms with E-state index in [-0.39, 0.29) is 30.6 Å². The summed E-state index contributed by atoms with van der Waals surface area (Å²) in [7, 11) is 0. The lowest BCUT2D eigenvalue weighted by atomic mass is 10.0. The van der Waals surface area contributed by atoms with Crippen molar-refractivity contribution >= 4 is 23.4 Å². The fraction of sp³-hybridized carbons (Fsp3) is 0.526. The van der Waals surface area contributed by atoms with E-state index >= 15 is 0 Å². The highest BCUT2D eigenvalue weighted by atomic mass is 16.5. The van der Waals surface area contributed by atoms with Crippen LogP contribution in [-0.4, -0.2) is 72.8 Å². The normalized spacial score (nSPS) is 16.0. The van der Waals surface area contributed by atoms with Gasteiger partial charge in [0, 0.05) is 13.1 Å². The van der Waals surface area contributed by atoms with Crippen LogP contribution in [0.1, 0.15) is 20.3 Å². The summed E-state index contributed by atoms with van der Waals surface area (Å²) in [6, 6.07) is 6.55. The van der Waals surface area contributed by atoms with Gasteiger partial charge in [0.1, 0.15) is 5.75 Å². The Morgan fingerprint density at radius 3 is 2.54 bits per heavy atom. The molecule has 0 spiro atoms. The summed E-state index contributed by atoms with van der Waals surface area (Å²) in [5.41, 5.74) is -0.603. The molecule has 28 heavy (non-hydrogen) atoms. The van der Waals surface area contributed by atoms with Crippen molar-refractivity contribution < 1.29 is 29.0 Å². The van der Waals surface area contributed by atoms with Crippen LogP contribution in [0.5, 0.6) is 5.75 Å². The van der Waals surface area contributed by atoms with E-state index < -0.39 is 17.4 Å². The number of nitrogens with one attached hydrogen (secondary N) is 2. The molecule has 1 aromatic carbocycles. The average Bonchev–Trinajstić information content (AvgIpc) is 2.73. The first-order chi connectivity index (χ1) is 13.4. The van der Waals surface area contributed by atoms with Gasteiger partial charge in [-0.25, -0.2) is 0 Å². The zero-order valence-corrected chi connectivity index (χ0v) is 16.2. The summed E-state index contributed by atoms with van der Waals surface area (Å²) in [5, 5.41) is 14.4. The first-order valence-corrected chi connectivity index (χ1v) is 9.20. The molecule has 0 radical (unpaired) electrons. The van der Waals surface area contributed by atoms with Gasteiger partial charge in [0.15, 0.2) is 6.61 Å². The van der Waals surface area contributed by atoms with Gasteiger partial charge in [-0.05, 0) is 25.5 Å². The molecule has 154 valence electrons. The third kappa shape index (κ3) is 5.93. The number of ether oxygens (including phenoxy) is 2. The van der Waals surface area contributed by atoms with Crippen molar-refractivity contribution in [3.05, 3.63) is 24.3 Å². The molecule has 1 heterocycles. The third-order valence-electron chi connectivity index (χ3n) is 4.60. The minimum absolute atomic E-state index is 0.177. The van der Waals surface area contributed by atoms with Crippen LogP contribution in [0.25, 0.3) is 0 Å². The Morgan fingerprint density at radius 2 is 1.89 bits per heavy atom. The predicted octanol–water partition coefficient (Wildman–Crippen LogP) is 0.140. The Kier molecular flexibility index (Phi) is 7.77. The smallest absolute Gasteiger partial charge is 0.313 e. The molecular weight excluding hydrogens is 366 g/mol. The zero-order valence-electron chi connectivity index (χ0n) is 16.2. The van der Waals surface area contributed by atoms with Crippen LogP contribution >= 0.6 is 0 Å². The molecule has 1 atom stereocenters. The van der Waals surface area contributed by atoms with E-state index in [0.717, 1.165) is 0 Å². The van der Waals surface area contributed by atoms with Crippen molar-refractivity contribution in [1.29, 1.82) is 0 Å². The molecule has 1 saturated heterocycles. The summed E-state index contributed by atoms with van der Waals surface area (Å²) in [6.45, 7) is 5.00. The Bertz CT molecular complexity index is 699. The highest BCUT2D eigenvalue weighted by molar-refractivity contribution is 6.40. The second-order valence-corrected chi connectivity index (χ2v) is 6.76. The minimum atomic E-state index is -0.885. The molecular formula is C19H27N3O6. The van der Waals surface area contributed by atoms with Gasteiger partial charge in [0.2, 0.25) is 0 Å². The standard InChI is InChI=1S/C19H27N3O6/c1-3-19(2,13-23)21-18(26)17(25)20-14-6-4-5-7-15(14)28-12-16(24)22-8-10-27-11-9-22/h4-7,23H,3,8-13H2,1-2H3,(H,20,25)(H,21,26)/t19-/m1/s1. The van der Waals surface area contributed by atoms with Crippen LogP contribution < -0.4 is 15.4 Å². The van der Waals surface area contributed by atoms with Crippen molar-refractivity contribution in [1.82, 2.24) is 10.2 Å². The summed E-state index contributed by atoms with van der Waals surface area (Å²) in [5.74, 6) is -1.64. The van der Waals surface area contributed by atoms with Gasteiger partial charge in [0.05, 0.1) is 31.0 Å². The van der Waals surface area contributed by atoms with E-state index in [4.69, 9.17) is 9.47 Å². The number of carbonyl (C=O) groups is 3. The maximum atomic E-state index is 12.2. The van der Waals surface area contributed by atoms with Crippen LogP contribution in [0.4, 0.5) is 5.69 Å². The van der Waals surface area contributed by atoms with E-state index in [2.05, 4.69) is 10.6 Å². The molecule has 0 saturated carbocycles. The lowest BCUT2D eigenvalue weighted by molar-refractivity contribution is -0.137. The number of rotatable bonds is 7. The molecule has 9 heteroatoms. The molecule has 0 unspecified atom stereocenters. The molecule has 0 aromatic heterocycles. The molecule has 3 N–H and O–H groups in total. The van der Waals surface area contributed by atoms with Crippen molar-refractivity contribution in [2.24, 2.45) is 0 Å². The van der Waals surface area contributed by atoms with Gasteiger partial charge in [-0.2, -0.15) is 0 Å². The van der Waals surface area contributed by atoms with Crippen molar-refractivity contribution in [2.75, 3.05) is 44.8 Å². The Balaban J connectivity index is 1.96. The van der Waals surface area contributed by atoms with Crippen LogP contribution in [0.15, 0.2) is 24.3 Å². The average molecular weight is 393 g/mol.